The van der Waals surface area contributed by atoms with E-state index in [1.807, 2.05) is 45.0 Å². The summed E-state index contributed by atoms with van der Waals surface area (Å²) in [6.45, 7) is 6.89. The molecule has 0 fully saturated rings. The molecule has 0 saturated heterocycles. The Morgan fingerprint density at radius 1 is 1.22 bits per heavy atom. The highest BCUT2D eigenvalue weighted by Crippen LogP contribution is 2.10. The summed E-state index contributed by atoms with van der Waals surface area (Å²) in [4.78, 5) is 11.6. The fourth-order valence-corrected chi connectivity index (χ4v) is 1.53. The number of carbonyl (C=O) groups is 1. The maximum atomic E-state index is 11.6. The number of amides is 1. The molecule has 0 aliphatic heterocycles. The second kappa shape index (κ2) is 6.40. The summed E-state index contributed by atoms with van der Waals surface area (Å²) in [6, 6.07) is 7.78. The first kappa shape index (κ1) is 14.5. The molecule has 0 heterocycles. The van der Waals surface area contributed by atoms with Crippen LogP contribution in [-0.2, 0) is 11.3 Å². The molecule has 1 aromatic carbocycles. The Bertz CT molecular complexity index is 380. The van der Waals surface area contributed by atoms with Gasteiger partial charge in [-0.05, 0) is 38.5 Å². The topological polar surface area (TPSA) is 50.4 Å². The van der Waals surface area contributed by atoms with E-state index in [4.69, 9.17) is 4.74 Å². The van der Waals surface area contributed by atoms with Crippen molar-refractivity contribution in [1.82, 2.24) is 10.6 Å². The van der Waals surface area contributed by atoms with Gasteiger partial charge in [-0.25, -0.2) is 0 Å². The fourth-order valence-electron chi connectivity index (χ4n) is 1.53. The van der Waals surface area contributed by atoms with Crippen molar-refractivity contribution in [1.29, 1.82) is 0 Å². The Kier molecular flexibility index (Phi) is 5.16. The van der Waals surface area contributed by atoms with Crippen molar-refractivity contribution in [2.45, 2.75) is 32.9 Å². The Morgan fingerprint density at radius 2 is 1.83 bits per heavy atom. The Balaban J connectivity index is 2.30. The van der Waals surface area contributed by atoms with Crippen LogP contribution in [0.4, 0.5) is 0 Å². The van der Waals surface area contributed by atoms with E-state index in [2.05, 4.69) is 10.6 Å². The van der Waals surface area contributed by atoms with Crippen LogP contribution in [0.25, 0.3) is 0 Å². The van der Waals surface area contributed by atoms with E-state index in [-0.39, 0.29) is 11.4 Å². The number of hydrogen-bond acceptors (Lipinski definition) is 3. The van der Waals surface area contributed by atoms with Gasteiger partial charge in [0.25, 0.3) is 0 Å². The predicted molar refractivity (Wildman–Crippen MR) is 72.6 cm³/mol. The summed E-state index contributed by atoms with van der Waals surface area (Å²) in [5.41, 5.74) is 0.943. The van der Waals surface area contributed by atoms with Gasteiger partial charge in [0.1, 0.15) is 5.75 Å². The molecule has 0 saturated carbocycles. The fraction of sp³-hybridized carbons (Fsp3) is 0.500. The van der Waals surface area contributed by atoms with Crippen LogP contribution >= 0.6 is 0 Å². The minimum Gasteiger partial charge on any atom is -0.497 e. The van der Waals surface area contributed by atoms with Crippen LogP contribution in [0.1, 0.15) is 26.3 Å². The highest BCUT2D eigenvalue weighted by molar-refractivity contribution is 5.78. The van der Waals surface area contributed by atoms with Gasteiger partial charge in [0.2, 0.25) is 5.91 Å². The first-order valence-corrected chi connectivity index (χ1v) is 6.05. The minimum atomic E-state index is -0.182. The molecule has 4 heteroatoms. The quantitative estimate of drug-likeness (QED) is 0.836. The molecule has 1 amide bonds. The van der Waals surface area contributed by atoms with Gasteiger partial charge in [0.05, 0.1) is 13.7 Å². The van der Waals surface area contributed by atoms with Crippen molar-refractivity contribution in [2.75, 3.05) is 13.7 Å². The van der Waals surface area contributed by atoms with E-state index in [0.717, 1.165) is 11.3 Å². The highest BCUT2D eigenvalue weighted by Gasteiger charge is 2.12. The Hall–Kier alpha value is -1.55. The van der Waals surface area contributed by atoms with E-state index in [1.165, 1.54) is 0 Å². The zero-order chi connectivity index (χ0) is 13.6. The summed E-state index contributed by atoms with van der Waals surface area (Å²) in [7, 11) is 1.64. The van der Waals surface area contributed by atoms with Crippen LogP contribution in [0.15, 0.2) is 24.3 Å². The van der Waals surface area contributed by atoms with Gasteiger partial charge >= 0.3 is 0 Å². The van der Waals surface area contributed by atoms with Crippen molar-refractivity contribution in [3.05, 3.63) is 29.8 Å². The SMILES string of the molecule is COc1ccc(CNCC(=O)NC(C)(C)C)cc1. The molecule has 0 aromatic heterocycles. The molecule has 0 bridgehead atoms. The zero-order valence-electron chi connectivity index (χ0n) is 11.5. The van der Waals surface area contributed by atoms with Crippen molar-refractivity contribution in [3.63, 3.8) is 0 Å². The third-order valence-electron chi connectivity index (χ3n) is 2.29. The first-order chi connectivity index (χ1) is 8.40. The van der Waals surface area contributed by atoms with E-state index >= 15 is 0 Å². The highest BCUT2D eigenvalue weighted by atomic mass is 16.5. The maximum Gasteiger partial charge on any atom is 0.234 e. The maximum absolute atomic E-state index is 11.6. The smallest absolute Gasteiger partial charge is 0.234 e. The van der Waals surface area contributed by atoms with Crippen LogP contribution in [0, 0.1) is 0 Å². The summed E-state index contributed by atoms with van der Waals surface area (Å²) in [5.74, 6) is 0.847. The van der Waals surface area contributed by atoms with Gasteiger partial charge in [-0.2, -0.15) is 0 Å². The number of rotatable bonds is 5. The summed E-state index contributed by atoms with van der Waals surface area (Å²) < 4.78 is 5.08. The van der Waals surface area contributed by atoms with Crippen LogP contribution in [0.2, 0.25) is 0 Å². The van der Waals surface area contributed by atoms with E-state index in [9.17, 15) is 4.79 Å². The molecule has 0 radical (unpaired) electrons. The van der Waals surface area contributed by atoms with Gasteiger partial charge in [0, 0.05) is 12.1 Å². The van der Waals surface area contributed by atoms with Gasteiger partial charge in [-0.1, -0.05) is 12.1 Å². The van der Waals surface area contributed by atoms with E-state index in [0.29, 0.717) is 13.1 Å². The number of hydrogen-bond donors (Lipinski definition) is 2. The molecule has 100 valence electrons. The lowest BCUT2D eigenvalue weighted by molar-refractivity contribution is -0.121. The molecule has 4 nitrogen and oxygen atoms in total. The van der Waals surface area contributed by atoms with Gasteiger partial charge < -0.3 is 15.4 Å². The van der Waals surface area contributed by atoms with Gasteiger partial charge in [-0.15, -0.1) is 0 Å². The standard InChI is InChI=1S/C14H22N2O2/c1-14(2,3)16-13(17)10-15-9-11-5-7-12(18-4)8-6-11/h5-8,15H,9-10H2,1-4H3,(H,16,17). The molecular weight excluding hydrogens is 228 g/mol. The lowest BCUT2D eigenvalue weighted by atomic mass is 10.1. The molecule has 0 atom stereocenters. The number of ether oxygens (including phenoxy) is 1. The third kappa shape index (κ3) is 5.68. The molecule has 0 unspecified atom stereocenters. The second-order valence-corrected chi connectivity index (χ2v) is 5.25. The third-order valence-corrected chi connectivity index (χ3v) is 2.29. The molecule has 2 N–H and O–H groups in total. The normalized spacial score (nSPS) is 11.1. The summed E-state index contributed by atoms with van der Waals surface area (Å²) >= 11 is 0. The molecule has 0 aliphatic rings. The van der Waals surface area contributed by atoms with Gasteiger partial charge in [0.15, 0.2) is 0 Å². The summed E-state index contributed by atoms with van der Waals surface area (Å²) in [5, 5.41) is 6.01. The lowest BCUT2D eigenvalue weighted by Gasteiger charge is -2.20. The number of methoxy groups -OCH3 is 1. The molecule has 1 rings (SSSR count). The molecule has 0 aliphatic carbocycles. The van der Waals surface area contributed by atoms with Crippen molar-refractivity contribution < 1.29 is 9.53 Å². The van der Waals surface area contributed by atoms with Crippen LogP contribution in [-0.4, -0.2) is 25.1 Å². The summed E-state index contributed by atoms with van der Waals surface area (Å²) in [6.07, 6.45) is 0. The van der Waals surface area contributed by atoms with E-state index in [1.54, 1.807) is 7.11 Å². The lowest BCUT2D eigenvalue weighted by Crippen LogP contribution is -2.44. The Labute approximate surface area is 109 Å². The van der Waals surface area contributed by atoms with E-state index < -0.39 is 0 Å². The van der Waals surface area contributed by atoms with Crippen molar-refractivity contribution in [2.24, 2.45) is 0 Å². The largest absolute Gasteiger partial charge is 0.497 e. The van der Waals surface area contributed by atoms with Gasteiger partial charge in [-0.3, -0.25) is 4.79 Å². The van der Waals surface area contributed by atoms with Crippen molar-refractivity contribution in [3.8, 4) is 5.75 Å². The Morgan fingerprint density at radius 3 is 2.33 bits per heavy atom. The van der Waals surface area contributed by atoms with Crippen molar-refractivity contribution >= 4 is 5.91 Å². The number of nitrogens with one attached hydrogen (secondary N) is 2. The van der Waals surface area contributed by atoms with Crippen LogP contribution in [0.5, 0.6) is 5.75 Å². The second-order valence-electron chi connectivity index (χ2n) is 5.25. The van der Waals surface area contributed by atoms with Crippen LogP contribution < -0.4 is 15.4 Å². The monoisotopic (exact) mass is 250 g/mol. The predicted octanol–water partition coefficient (Wildman–Crippen LogP) is 1.70. The average Bonchev–Trinajstić information content (AvgIpc) is 2.27. The minimum absolute atomic E-state index is 0.0102. The zero-order valence-corrected chi connectivity index (χ0v) is 11.5. The average molecular weight is 250 g/mol. The molecule has 18 heavy (non-hydrogen) atoms. The molecule has 0 spiro atoms. The van der Waals surface area contributed by atoms with Crippen LogP contribution in [0.3, 0.4) is 0 Å². The molecular formula is C14H22N2O2. The number of benzene rings is 1. The first-order valence-electron chi connectivity index (χ1n) is 6.05. The molecule has 1 aromatic rings. The number of carbonyl (C=O) groups excluding carboxylic acids is 1.